The number of hydrogen-bond donors (Lipinski definition) is 2. The normalized spacial score (nSPS) is 16.0. The highest BCUT2D eigenvalue weighted by Crippen LogP contribution is 2.16. The summed E-state index contributed by atoms with van der Waals surface area (Å²) < 4.78 is 5.00. The number of likely N-dealkylation sites (tertiary alicyclic amines) is 1. The second kappa shape index (κ2) is 7.26. The topological polar surface area (TPSA) is 74.7 Å². The lowest BCUT2D eigenvalue weighted by Crippen LogP contribution is -2.45. The first-order valence-electron chi connectivity index (χ1n) is 7.40. The molecule has 0 saturated carbocycles. The van der Waals surface area contributed by atoms with E-state index in [-0.39, 0.29) is 11.8 Å². The van der Waals surface area contributed by atoms with Crippen LogP contribution in [0, 0.1) is 6.92 Å². The van der Waals surface area contributed by atoms with E-state index < -0.39 is 0 Å². The standard InChI is InChI=1S/C15H23N3O3/c1-3-21-15(20)18-8-6-12(7-9-18)16-10-13-14(19)5-4-11(2)17-13/h4-5,12,16,19H,3,6-10H2,1-2H3. The van der Waals surface area contributed by atoms with Crippen LogP contribution in [0.25, 0.3) is 0 Å². The van der Waals surface area contributed by atoms with Crippen molar-refractivity contribution in [3.8, 4) is 5.75 Å². The van der Waals surface area contributed by atoms with Gasteiger partial charge in [-0.15, -0.1) is 0 Å². The highest BCUT2D eigenvalue weighted by atomic mass is 16.6. The molecule has 1 fully saturated rings. The fourth-order valence-corrected chi connectivity index (χ4v) is 2.46. The molecule has 1 aliphatic rings. The molecule has 2 rings (SSSR count). The minimum Gasteiger partial charge on any atom is -0.506 e. The quantitative estimate of drug-likeness (QED) is 0.885. The fourth-order valence-electron chi connectivity index (χ4n) is 2.46. The van der Waals surface area contributed by atoms with Crippen LogP contribution in [0.1, 0.15) is 31.2 Å². The predicted octanol–water partition coefficient (Wildman–Crippen LogP) is 1.81. The summed E-state index contributed by atoms with van der Waals surface area (Å²) >= 11 is 0. The molecule has 0 radical (unpaired) electrons. The van der Waals surface area contributed by atoms with Crippen LogP contribution >= 0.6 is 0 Å². The highest BCUT2D eigenvalue weighted by molar-refractivity contribution is 5.67. The Morgan fingerprint density at radius 1 is 1.48 bits per heavy atom. The summed E-state index contributed by atoms with van der Waals surface area (Å²) in [5, 5.41) is 13.2. The smallest absolute Gasteiger partial charge is 0.409 e. The second-order valence-electron chi connectivity index (χ2n) is 5.26. The van der Waals surface area contributed by atoms with E-state index in [1.807, 2.05) is 13.8 Å². The van der Waals surface area contributed by atoms with Gasteiger partial charge in [-0.3, -0.25) is 4.98 Å². The number of aromatic hydroxyl groups is 1. The molecule has 0 unspecified atom stereocenters. The number of nitrogens with zero attached hydrogens (tertiary/aromatic N) is 2. The van der Waals surface area contributed by atoms with Crippen molar-refractivity contribution in [1.82, 2.24) is 15.2 Å². The van der Waals surface area contributed by atoms with Gasteiger partial charge >= 0.3 is 6.09 Å². The van der Waals surface area contributed by atoms with Gasteiger partial charge in [0.1, 0.15) is 5.75 Å². The summed E-state index contributed by atoms with van der Waals surface area (Å²) in [4.78, 5) is 17.7. The number of carbonyl (C=O) groups is 1. The van der Waals surface area contributed by atoms with E-state index in [4.69, 9.17) is 4.74 Å². The zero-order chi connectivity index (χ0) is 15.2. The monoisotopic (exact) mass is 293 g/mol. The number of hydrogen-bond acceptors (Lipinski definition) is 5. The minimum absolute atomic E-state index is 0.219. The molecule has 2 heterocycles. The van der Waals surface area contributed by atoms with Crippen molar-refractivity contribution in [2.45, 2.75) is 39.3 Å². The molecule has 1 amide bonds. The van der Waals surface area contributed by atoms with Gasteiger partial charge in [-0.25, -0.2) is 4.79 Å². The average molecular weight is 293 g/mol. The molecule has 1 aliphatic heterocycles. The van der Waals surface area contributed by atoms with Gasteiger partial charge in [0.15, 0.2) is 0 Å². The van der Waals surface area contributed by atoms with Crippen LogP contribution < -0.4 is 5.32 Å². The molecule has 0 aromatic carbocycles. The van der Waals surface area contributed by atoms with Gasteiger partial charge in [0, 0.05) is 31.4 Å². The number of pyridine rings is 1. The Morgan fingerprint density at radius 3 is 2.86 bits per heavy atom. The molecule has 6 nitrogen and oxygen atoms in total. The summed E-state index contributed by atoms with van der Waals surface area (Å²) in [6.45, 7) is 6.06. The van der Waals surface area contributed by atoms with E-state index in [9.17, 15) is 9.90 Å². The maximum atomic E-state index is 11.6. The molecule has 1 aromatic rings. The van der Waals surface area contributed by atoms with Crippen LogP contribution in [0.2, 0.25) is 0 Å². The number of nitrogens with one attached hydrogen (secondary N) is 1. The first-order chi connectivity index (χ1) is 10.1. The number of ether oxygens (including phenoxy) is 1. The second-order valence-corrected chi connectivity index (χ2v) is 5.26. The van der Waals surface area contributed by atoms with Crippen LogP contribution in [0.5, 0.6) is 5.75 Å². The zero-order valence-electron chi connectivity index (χ0n) is 12.6. The lowest BCUT2D eigenvalue weighted by atomic mass is 10.1. The molecular weight excluding hydrogens is 270 g/mol. The molecule has 2 N–H and O–H groups in total. The van der Waals surface area contributed by atoms with Gasteiger partial charge in [-0.2, -0.15) is 0 Å². The van der Waals surface area contributed by atoms with Crippen molar-refractivity contribution >= 4 is 6.09 Å². The molecule has 0 bridgehead atoms. The molecule has 6 heteroatoms. The third-order valence-electron chi connectivity index (χ3n) is 3.67. The van der Waals surface area contributed by atoms with Crippen LogP contribution in [0.4, 0.5) is 4.79 Å². The van der Waals surface area contributed by atoms with Crippen LogP contribution in [-0.2, 0) is 11.3 Å². The largest absolute Gasteiger partial charge is 0.506 e. The Bertz CT molecular complexity index is 485. The maximum absolute atomic E-state index is 11.6. The average Bonchev–Trinajstić information content (AvgIpc) is 2.49. The van der Waals surface area contributed by atoms with Crippen molar-refractivity contribution in [2.75, 3.05) is 19.7 Å². The summed E-state index contributed by atoms with van der Waals surface area (Å²) in [5.74, 6) is 0.219. The van der Waals surface area contributed by atoms with E-state index in [1.165, 1.54) is 0 Å². The van der Waals surface area contributed by atoms with Crippen molar-refractivity contribution in [3.63, 3.8) is 0 Å². The third kappa shape index (κ3) is 4.32. The molecule has 1 saturated heterocycles. The van der Waals surface area contributed by atoms with Gasteiger partial charge in [-0.1, -0.05) is 0 Å². The third-order valence-corrected chi connectivity index (χ3v) is 3.67. The predicted molar refractivity (Wildman–Crippen MR) is 79.1 cm³/mol. The molecule has 116 valence electrons. The first kappa shape index (κ1) is 15.6. The van der Waals surface area contributed by atoms with Crippen molar-refractivity contribution in [3.05, 3.63) is 23.5 Å². The summed E-state index contributed by atoms with van der Waals surface area (Å²) in [7, 11) is 0. The van der Waals surface area contributed by atoms with E-state index >= 15 is 0 Å². The number of amides is 1. The van der Waals surface area contributed by atoms with Crippen molar-refractivity contribution in [2.24, 2.45) is 0 Å². The van der Waals surface area contributed by atoms with Crippen LogP contribution in [0.15, 0.2) is 12.1 Å². The Hall–Kier alpha value is -1.82. The minimum atomic E-state index is -0.228. The lowest BCUT2D eigenvalue weighted by molar-refractivity contribution is 0.0949. The molecular formula is C15H23N3O3. The van der Waals surface area contributed by atoms with Gasteiger partial charge in [0.25, 0.3) is 0 Å². The Balaban J connectivity index is 1.79. The SMILES string of the molecule is CCOC(=O)N1CCC(NCc2nc(C)ccc2O)CC1. The van der Waals surface area contributed by atoms with E-state index in [0.29, 0.717) is 38.0 Å². The lowest BCUT2D eigenvalue weighted by Gasteiger charge is -2.31. The highest BCUT2D eigenvalue weighted by Gasteiger charge is 2.23. The number of carbonyl (C=O) groups excluding carboxylic acids is 1. The molecule has 21 heavy (non-hydrogen) atoms. The first-order valence-corrected chi connectivity index (χ1v) is 7.40. The van der Waals surface area contributed by atoms with Gasteiger partial charge in [0.05, 0.1) is 12.3 Å². The summed E-state index contributed by atoms with van der Waals surface area (Å²) in [6, 6.07) is 3.79. The fraction of sp³-hybridized carbons (Fsp3) is 0.600. The Kier molecular flexibility index (Phi) is 5.38. The molecule has 0 atom stereocenters. The van der Waals surface area contributed by atoms with Gasteiger partial charge in [0.2, 0.25) is 0 Å². The number of aromatic nitrogens is 1. The van der Waals surface area contributed by atoms with Crippen molar-refractivity contribution < 1.29 is 14.6 Å². The Labute approximate surface area is 125 Å². The van der Waals surface area contributed by atoms with E-state index in [0.717, 1.165) is 18.5 Å². The van der Waals surface area contributed by atoms with Gasteiger partial charge < -0.3 is 20.1 Å². The molecule has 0 spiro atoms. The zero-order valence-corrected chi connectivity index (χ0v) is 12.6. The van der Waals surface area contributed by atoms with E-state index in [1.54, 1.807) is 17.0 Å². The van der Waals surface area contributed by atoms with Crippen LogP contribution in [-0.4, -0.2) is 46.8 Å². The number of piperidine rings is 1. The molecule has 0 aliphatic carbocycles. The maximum Gasteiger partial charge on any atom is 0.409 e. The van der Waals surface area contributed by atoms with Crippen LogP contribution in [0.3, 0.4) is 0 Å². The van der Waals surface area contributed by atoms with E-state index in [2.05, 4.69) is 10.3 Å². The van der Waals surface area contributed by atoms with Crippen molar-refractivity contribution in [1.29, 1.82) is 0 Å². The number of aryl methyl sites for hydroxylation is 1. The Morgan fingerprint density at radius 2 is 2.19 bits per heavy atom. The number of rotatable bonds is 4. The molecule has 1 aromatic heterocycles. The summed E-state index contributed by atoms with van der Waals surface area (Å²) in [5.41, 5.74) is 1.56. The summed E-state index contributed by atoms with van der Waals surface area (Å²) in [6.07, 6.45) is 1.53. The van der Waals surface area contributed by atoms with Gasteiger partial charge in [-0.05, 0) is 38.8 Å².